The van der Waals surface area contributed by atoms with Crippen LogP contribution in [0.4, 0.5) is 13.2 Å². The highest BCUT2D eigenvalue weighted by atomic mass is 19.4. The van der Waals surface area contributed by atoms with Gasteiger partial charge in [0.15, 0.2) is 0 Å². The average Bonchev–Trinajstić information content (AvgIpc) is 2.98. The zero-order chi connectivity index (χ0) is 28.0. The van der Waals surface area contributed by atoms with Crippen LogP contribution in [-0.2, 0) is 18.1 Å². The Bertz CT molecular complexity index is 1530. The maximum Gasteiger partial charge on any atom is 0.416 e. The SMILES string of the molecule is O[C@H](NC(Cc1ccccc1)(c1cccc(C(F)(F)F)c1)c1ccccn1)c1cccnc1Oc1ccccc1. The van der Waals surface area contributed by atoms with Crippen molar-refractivity contribution in [2.45, 2.75) is 24.4 Å². The molecule has 0 spiro atoms. The van der Waals surface area contributed by atoms with E-state index in [1.54, 1.807) is 54.7 Å². The van der Waals surface area contributed by atoms with Gasteiger partial charge in [-0.25, -0.2) is 4.98 Å². The molecular weight excluding hydrogens is 515 g/mol. The van der Waals surface area contributed by atoms with Crippen LogP contribution in [0.15, 0.2) is 128 Å². The van der Waals surface area contributed by atoms with Crippen molar-refractivity contribution in [2.24, 2.45) is 0 Å². The van der Waals surface area contributed by atoms with Crippen LogP contribution in [-0.4, -0.2) is 15.1 Å². The molecule has 5 rings (SSSR count). The lowest BCUT2D eigenvalue weighted by Gasteiger charge is -2.38. The second kappa shape index (κ2) is 11.7. The van der Waals surface area contributed by atoms with Crippen molar-refractivity contribution in [1.82, 2.24) is 15.3 Å². The first kappa shape index (κ1) is 27.1. The van der Waals surface area contributed by atoms with Gasteiger partial charge in [-0.1, -0.05) is 66.7 Å². The number of benzene rings is 3. The van der Waals surface area contributed by atoms with Gasteiger partial charge in [-0.15, -0.1) is 0 Å². The van der Waals surface area contributed by atoms with Crippen molar-refractivity contribution in [3.8, 4) is 11.6 Å². The fourth-order valence-electron chi connectivity index (χ4n) is 4.64. The molecule has 8 heteroatoms. The third-order valence-electron chi connectivity index (χ3n) is 6.53. The first-order valence-electron chi connectivity index (χ1n) is 12.6. The highest BCUT2D eigenvalue weighted by Gasteiger charge is 2.40. The zero-order valence-electron chi connectivity index (χ0n) is 21.3. The number of hydrogen-bond acceptors (Lipinski definition) is 5. The van der Waals surface area contributed by atoms with Gasteiger partial charge in [-0.3, -0.25) is 10.3 Å². The highest BCUT2D eigenvalue weighted by Crippen LogP contribution is 2.39. The van der Waals surface area contributed by atoms with E-state index in [4.69, 9.17) is 4.74 Å². The molecular formula is C32H26F3N3O2. The van der Waals surface area contributed by atoms with E-state index in [1.165, 1.54) is 12.3 Å². The number of rotatable bonds is 9. The third kappa shape index (κ3) is 6.03. The number of pyridine rings is 2. The monoisotopic (exact) mass is 541 g/mol. The lowest BCUT2D eigenvalue weighted by Crippen LogP contribution is -2.48. The molecule has 0 saturated carbocycles. The minimum absolute atomic E-state index is 0.160. The summed E-state index contributed by atoms with van der Waals surface area (Å²) in [6.45, 7) is 0. The largest absolute Gasteiger partial charge is 0.439 e. The Morgan fingerprint density at radius 2 is 1.40 bits per heavy atom. The van der Waals surface area contributed by atoms with Gasteiger partial charge in [0.2, 0.25) is 5.88 Å². The topological polar surface area (TPSA) is 67.3 Å². The normalized spacial score (nSPS) is 13.8. The van der Waals surface area contributed by atoms with Gasteiger partial charge in [0.1, 0.15) is 12.0 Å². The second-order valence-electron chi connectivity index (χ2n) is 9.22. The van der Waals surface area contributed by atoms with Crippen molar-refractivity contribution < 1.29 is 23.0 Å². The molecule has 0 bridgehead atoms. The number of para-hydroxylation sites is 1. The summed E-state index contributed by atoms with van der Waals surface area (Å²) in [6.07, 6.45) is -2.65. The number of aliphatic hydroxyl groups excluding tert-OH is 1. The second-order valence-corrected chi connectivity index (χ2v) is 9.22. The molecule has 202 valence electrons. The van der Waals surface area contributed by atoms with Gasteiger partial charge in [0.05, 0.1) is 22.4 Å². The van der Waals surface area contributed by atoms with Crippen LogP contribution in [0.25, 0.3) is 0 Å². The standard InChI is InChI=1S/C32H26F3N3O2/c33-32(34,35)25-14-9-13-24(21-25)31(28-18-7-8-19-36-28,22-23-11-3-1-4-12-23)38-29(39)27-17-10-20-37-30(27)40-26-15-5-2-6-16-26/h1-21,29,38-39H,22H2/t29-,31?/m0/s1. The predicted octanol–water partition coefficient (Wildman–Crippen LogP) is 7.05. The summed E-state index contributed by atoms with van der Waals surface area (Å²) in [4.78, 5) is 8.87. The zero-order valence-corrected chi connectivity index (χ0v) is 21.3. The van der Waals surface area contributed by atoms with Crippen molar-refractivity contribution in [3.05, 3.63) is 156 Å². The molecule has 0 aliphatic carbocycles. The number of nitrogens with one attached hydrogen (secondary N) is 1. The summed E-state index contributed by atoms with van der Waals surface area (Å²) in [5, 5.41) is 14.9. The molecule has 1 unspecified atom stereocenters. The number of ether oxygens (including phenoxy) is 1. The van der Waals surface area contributed by atoms with E-state index in [2.05, 4.69) is 15.3 Å². The molecule has 2 heterocycles. The van der Waals surface area contributed by atoms with Crippen LogP contribution >= 0.6 is 0 Å². The fraction of sp³-hybridized carbons (Fsp3) is 0.125. The quantitative estimate of drug-likeness (QED) is 0.196. The molecule has 40 heavy (non-hydrogen) atoms. The van der Waals surface area contributed by atoms with E-state index in [-0.39, 0.29) is 12.3 Å². The van der Waals surface area contributed by atoms with Crippen LogP contribution in [0, 0.1) is 0 Å². The van der Waals surface area contributed by atoms with Gasteiger partial charge in [0, 0.05) is 18.8 Å². The molecule has 0 amide bonds. The summed E-state index contributed by atoms with van der Waals surface area (Å²) < 4.78 is 47.6. The van der Waals surface area contributed by atoms with Crippen LogP contribution in [0.1, 0.15) is 34.2 Å². The van der Waals surface area contributed by atoms with Crippen LogP contribution in [0.5, 0.6) is 11.6 Å². The van der Waals surface area contributed by atoms with Gasteiger partial charge < -0.3 is 9.84 Å². The summed E-state index contributed by atoms with van der Waals surface area (Å²) in [5.41, 5.74) is -0.304. The molecule has 5 nitrogen and oxygen atoms in total. The molecule has 0 aliphatic rings. The Hall–Kier alpha value is -4.53. The predicted molar refractivity (Wildman–Crippen MR) is 145 cm³/mol. The average molecular weight is 542 g/mol. The highest BCUT2D eigenvalue weighted by molar-refractivity contribution is 5.42. The molecule has 0 radical (unpaired) electrons. The van der Waals surface area contributed by atoms with Gasteiger partial charge in [-0.2, -0.15) is 13.2 Å². The van der Waals surface area contributed by atoms with Gasteiger partial charge in [-0.05, 0) is 59.7 Å². The summed E-state index contributed by atoms with van der Waals surface area (Å²) in [7, 11) is 0. The Kier molecular flexibility index (Phi) is 7.91. The Labute approximate surface area is 230 Å². The van der Waals surface area contributed by atoms with E-state index in [0.717, 1.165) is 17.7 Å². The van der Waals surface area contributed by atoms with Crippen molar-refractivity contribution in [1.29, 1.82) is 0 Å². The number of nitrogens with zero attached hydrogens (tertiary/aromatic N) is 2. The molecule has 0 aliphatic heterocycles. The minimum Gasteiger partial charge on any atom is -0.439 e. The Morgan fingerprint density at radius 3 is 2.10 bits per heavy atom. The Morgan fingerprint density at radius 1 is 0.725 bits per heavy atom. The third-order valence-corrected chi connectivity index (χ3v) is 6.53. The number of aromatic nitrogens is 2. The van der Waals surface area contributed by atoms with E-state index in [9.17, 15) is 18.3 Å². The minimum atomic E-state index is -4.56. The first-order chi connectivity index (χ1) is 19.3. The molecule has 2 N–H and O–H groups in total. The number of halogens is 3. The van der Waals surface area contributed by atoms with Crippen molar-refractivity contribution in [3.63, 3.8) is 0 Å². The molecule has 0 fully saturated rings. The molecule has 0 saturated heterocycles. The molecule has 3 aromatic carbocycles. The maximum absolute atomic E-state index is 13.9. The summed E-state index contributed by atoms with van der Waals surface area (Å²) in [5.74, 6) is 0.681. The van der Waals surface area contributed by atoms with Crippen LogP contribution < -0.4 is 10.1 Å². The fourth-order valence-corrected chi connectivity index (χ4v) is 4.64. The first-order valence-corrected chi connectivity index (χ1v) is 12.6. The van der Waals surface area contributed by atoms with Gasteiger partial charge in [0.25, 0.3) is 0 Å². The molecule has 5 aromatic rings. The smallest absolute Gasteiger partial charge is 0.416 e. The Balaban J connectivity index is 1.65. The molecule has 2 atom stereocenters. The lowest BCUT2D eigenvalue weighted by molar-refractivity contribution is -0.137. The molecule has 2 aromatic heterocycles. The van der Waals surface area contributed by atoms with E-state index in [1.807, 2.05) is 48.5 Å². The lowest BCUT2D eigenvalue weighted by atomic mass is 9.79. The van der Waals surface area contributed by atoms with Crippen LogP contribution in [0.3, 0.4) is 0 Å². The van der Waals surface area contributed by atoms with Gasteiger partial charge >= 0.3 is 6.18 Å². The van der Waals surface area contributed by atoms with Crippen molar-refractivity contribution in [2.75, 3.05) is 0 Å². The van der Waals surface area contributed by atoms with E-state index in [0.29, 0.717) is 22.6 Å². The summed E-state index contributed by atoms with van der Waals surface area (Å²) in [6, 6.07) is 32.0. The number of aliphatic hydroxyl groups is 1. The number of hydrogen-bond donors (Lipinski definition) is 2. The van der Waals surface area contributed by atoms with E-state index >= 15 is 0 Å². The van der Waals surface area contributed by atoms with Crippen molar-refractivity contribution >= 4 is 0 Å². The summed E-state index contributed by atoms with van der Waals surface area (Å²) >= 11 is 0. The van der Waals surface area contributed by atoms with Crippen LogP contribution in [0.2, 0.25) is 0 Å². The number of alkyl halides is 3. The maximum atomic E-state index is 13.9. The van der Waals surface area contributed by atoms with E-state index < -0.39 is 23.5 Å².